The van der Waals surface area contributed by atoms with Gasteiger partial charge in [-0.2, -0.15) is 5.26 Å². The fourth-order valence-corrected chi connectivity index (χ4v) is 4.14. The molecule has 0 spiro atoms. The van der Waals surface area contributed by atoms with Crippen LogP contribution in [0.2, 0.25) is 0 Å². The maximum Gasteiger partial charge on any atom is 0.140 e. The van der Waals surface area contributed by atoms with Crippen molar-refractivity contribution in [2.45, 2.75) is 37.5 Å². The molecular weight excluding hydrogens is 310 g/mol. The van der Waals surface area contributed by atoms with Gasteiger partial charge < -0.3 is 10.5 Å². The third-order valence-electron chi connectivity index (χ3n) is 5.36. The molecule has 0 unspecified atom stereocenters. The summed E-state index contributed by atoms with van der Waals surface area (Å²) in [5.74, 6) is 0.665. The number of hydrogen-bond donors (Lipinski definition) is 1. The van der Waals surface area contributed by atoms with Crippen LogP contribution in [0.5, 0.6) is 5.75 Å². The van der Waals surface area contributed by atoms with Gasteiger partial charge in [0.2, 0.25) is 0 Å². The van der Waals surface area contributed by atoms with E-state index in [1.807, 2.05) is 24.3 Å². The van der Waals surface area contributed by atoms with E-state index < -0.39 is 0 Å². The normalized spacial score (nSPS) is 26.0. The van der Waals surface area contributed by atoms with Crippen molar-refractivity contribution < 1.29 is 4.74 Å². The van der Waals surface area contributed by atoms with Gasteiger partial charge in [0.15, 0.2) is 0 Å². The van der Waals surface area contributed by atoms with Crippen LogP contribution >= 0.6 is 0 Å². The van der Waals surface area contributed by atoms with E-state index in [-0.39, 0.29) is 18.2 Å². The van der Waals surface area contributed by atoms with Gasteiger partial charge in [-0.1, -0.05) is 36.4 Å². The lowest BCUT2D eigenvalue weighted by atomic mass is 10.0. The third kappa shape index (κ3) is 3.13. The predicted molar refractivity (Wildman–Crippen MR) is 97.2 cm³/mol. The molecule has 2 N–H and O–H groups in total. The minimum absolute atomic E-state index is 0.0593. The number of nitriles is 1. The zero-order chi connectivity index (χ0) is 17.2. The highest BCUT2D eigenvalue weighted by molar-refractivity contribution is 5.44. The van der Waals surface area contributed by atoms with Gasteiger partial charge >= 0.3 is 0 Å². The first-order chi connectivity index (χ1) is 12.3. The van der Waals surface area contributed by atoms with E-state index in [4.69, 9.17) is 10.5 Å². The molecule has 1 fully saturated rings. The van der Waals surface area contributed by atoms with Crippen molar-refractivity contribution in [2.75, 3.05) is 13.1 Å². The molecule has 0 saturated carbocycles. The minimum Gasteiger partial charge on any atom is -0.483 e. The second kappa shape index (κ2) is 6.87. The molecule has 4 nitrogen and oxygen atoms in total. The number of nitrogens with two attached hydrogens (primary N) is 1. The lowest BCUT2D eigenvalue weighted by Crippen LogP contribution is -2.49. The molecular formula is C21H23N3O. The first-order valence-electron chi connectivity index (χ1n) is 8.99. The molecule has 2 aromatic carbocycles. The summed E-state index contributed by atoms with van der Waals surface area (Å²) in [6.07, 6.45) is 3.15. The van der Waals surface area contributed by atoms with E-state index in [9.17, 15) is 5.26 Å². The van der Waals surface area contributed by atoms with Crippen LogP contribution in [0.4, 0.5) is 0 Å². The summed E-state index contributed by atoms with van der Waals surface area (Å²) >= 11 is 0. The number of hydrogen-bond acceptors (Lipinski definition) is 4. The highest BCUT2D eigenvalue weighted by Crippen LogP contribution is 2.39. The van der Waals surface area contributed by atoms with Crippen LogP contribution in [0.15, 0.2) is 48.5 Å². The molecule has 1 aliphatic carbocycles. The summed E-state index contributed by atoms with van der Waals surface area (Å²) in [6.45, 7) is 1.98. The Morgan fingerprint density at radius 1 is 1.12 bits per heavy atom. The summed E-state index contributed by atoms with van der Waals surface area (Å²) in [5.41, 5.74) is 9.37. The summed E-state index contributed by atoms with van der Waals surface area (Å²) in [6, 6.07) is 18.7. The zero-order valence-electron chi connectivity index (χ0n) is 14.3. The molecule has 25 heavy (non-hydrogen) atoms. The Labute approximate surface area is 148 Å². The van der Waals surface area contributed by atoms with Crippen molar-refractivity contribution in [3.8, 4) is 11.8 Å². The van der Waals surface area contributed by atoms with Crippen LogP contribution in [0, 0.1) is 11.3 Å². The van der Waals surface area contributed by atoms with Crippen molar-refractivity contribution in [1.29, 1.82) is 5.26 Å². The number of fused-ring (bicyclic) bond motifs is 1. The van der Waals surface area contributed by atoms with E-state index in [1.54, 1.807) is 0 Å². The van der Waals surface area contributed by atoms with E-state index in [2.05, 4.69) is 35.2 Å². The van der Waals surface area contributed by atoms with Crippen LogP contribution in [0.25, 0.3) is 0 Å². The third-order valence-corrected chi connectivity index (χ3v) is 5.36. The number of piperidine rings is 1. The minimum atomic E-state index is -0.0593. The Kier molecular flexibility index (Phi) is 4.44. The van der Waals surface area contributed by atoms with E-state index in [0.717, 1.165) is 32.4 Å². The van der Waals surface area contributed by atoms with Crippen molar-refractivity contribution in [2.24, 2.45) is 5.73 Å². The van der Waals surface area contributed by atoms with Crippen molar-refractivity contribution in [3.63, 3.8) is 0 Å². The molecule has 0 aromatic heterocycles. The molecule has 1 heterocycles. The first kappa shape index (κ1) is 16.1. The lowest BCUT2D eigenvalue weighted by Gasteiger charge is -2.38. The Hall–Kier alpha value is -2.35. The second-order valence-corrected chi connectivity index (χ2v) is 7.01. The molecule has 2 aromatic rings. The zero-order valence-corrected chi connectivity index (χ0v) is 14.3. The Balaban J connectivity index is 1.66. The fraction of sp³-hybridized carbons (Fsp3) is 0.381. The van der Waals surface area contributed by atoms with E-state index in [1.165, 1.54) is 11.1 Å². The highest BCUT2D eigenvalue weighted by Gasteiger charge is 2.39. The maximum atomic E-state index is 9.38. The number of ether oxygens (including phenoxy) is 1. The highest BCUT2D eigenvalue weighted by atomic mass is 16.5. The Bertz CT molecular complexity index is 798. The smallest absolute Gasteiger partial charge is 0.140 e. The molecule has 1 aliphatic heterocycles. The average Bonchev–Trinajstić information content (AvgIpc) is 3.01. The predicted octanol–water partition coefficient (Wildman–Crippen LogP) is 3.03. The molecule has 0 amide bonds. The molecule has 1 saturated heterocycles. The monoisotopic (exact) mass is 333 g/mol. The van der Waals surface area contributed by atoms with E-state index in [0.29, 0.717) is 11.3 Å². The summed E-state index contributed by atoms with van der Waals surface area (Å²) in [7, 11) is 0. The van der Waals surface area contributed by atoms with Gasteiger partial charge in [-0.05, 0) is 49.1 Å². The van der Waals surface area contributed by atoms with Gasteiger partial charge in [-0.3, -0.25) is 4.90 Å². The lowest BCUT2D eigenvalue weighted by molar-refractivity contribution is 0.0591. The van der Waals surface area contributed by atoms with Gasteiger partial charge in [0, 0.05) is 12.6 Å². The molecule has 4 heteroatoms. The van der Waals surface area contributed by atoms with Gasteiger partial charge in [-0.15, -0.1) is 0 Å². The van der Waals surface area contributed by atoms with Crippen molar-refractivity contribution in [1.82, 2.24) is 4.90 Å². The number of rotatable bonds is 3. The molecule has 0 bridgehead atoms. The van der Waals surface area contributed by atoms with Gasteiger partial charge in [0.25, 0.3) is 0 Å². The molecule has 3 atom stereocenters. The Morgan fingerprint density at radius 2 is 1.92 bits per heavy atom. The molecule has 0 radical (unpaired) electrons. The maximum absolute atomic E-state index is 9.38. The van der Waals surface area contributed by atoms with Crippen LogP contribution in [-0.2, 0) is 6.42 Å². The number of benzene rings is 2. The van der Waals surface area contributed by atoms with Crippen LogP contribution in [-0.4, -0.2) is 30.1 Å². The quantitative estimate of drug-likeness (QED) is 0.938. The molecule has 2 aliphatic rings. The van der Waals surface area contributed by atoms with Gasteiger partial charge in [0.05, 0.1) is 11.6 Å². The standard InChI is InChI=1S/C21H23N3O/c22-13-16-7-2-4-10-20(16)25-21-18-9-3-1-6-15(18)12-19(21)24-11-5-8-17(23)14-24/h1-4,6-7,9-10,17,19,21H,5,8,11-12,14,23H2/t17-,19-,21-/m1/s1. The molecule has 128 valence electrons. The topological polar surface area (TPSA) is 62.3 Å². The van der Waals surface area contributed by atoms with Crippen LogP contribution < -0.4 is 10.5 Å². The van der Waals surface area contributed by atoms with Crippen LogP contribution in [0.3, 0.4) is 0 Å². The van der Waals surface area contributed by atoms with Crippen LogP contribution in [0.1, 0.15) is 35.6 Å². The largest absolute Gasteiger partial charge is 0.483 e. The summed E-state index contributed by atoms with van der Waals surface area (Å²) < 4.78 is 6.42. The first-order valence-corrected chi connectivity index (χ1v) is 8.99. The SMILES string of the molecule is N#Cc1ccccc1O[C@@H]1c2ccccc2C[C@H]1N1CCC[C@@H](N)C1. The van der Waals surface area contributed by atoms with Gasteiger partial charge in [0.1, 0.15) is 17.9 Å². The van der Waals surface area contributed by atoms with Crippen molar-refractivity contribution in [3.05, 3.63) is 65.2 Å². The molecule has 4 rings (SSSR count). The fourth-order valence-electron chi connectivity index (χ4n) is 4.14. The average molecular weight is 333 g/mol. The number of para-hydroxylation sites is 1. The number of nitrogens with zero attached hydrogens (tertiary/aromatic N) is 2. The number of likely N-dealkylation sites (tertiary alicyclic amines) is 1. The van der Waals surface area contributed by atoms with Crippen molar-refractivity contribution >= 4 is 0 Å². The second-order valence-electron chi connectivity index (χ2n) is 7.01. The summed E-state index contributed by atoms with van der Waals surface area (Å²) in [4.78, 5) is 2.48. The van der Waals surface area contributed by atoms with Gasteiger partial charge in [-0.25, -0.2) is 0 Å². The van der Waals surface area contributed by atoms with E-state index >= 15 is 0 Å². The summed E-state index contributed by atoms with van der Waals surface area (Å²) in [5, 5.41) is 9.38. The Morgan fingerprint density at radius 3 is 2.76 bits per heavy atom.